The minimum absolute atomic E-state index is 0.0180. The van der Waals surface area contributed by atoms with Crippen LogP contribution in [0.25, 0.3) is 0 Å². The van der Waals surface area contributed by atoms with Crippen molar-refractivity contribution in [3.8, 4) is 17.6 Å². The number of benzene rings is 3. The molecule has 0 amide bonds. The van der Waals surface area contributed by atoms with Crippen LogP contribution in [0.15, 0.2) is 72.1 Å². The van der Waals surface area contributed by atoms with Gasteiger partial charge in [-0.05, 0) is 28.7 Å². The lowest BCUT2D eigenvalue weighted by molar-refractivity contribution is -0.384. The molecule has 0 aliphatic carbocycles. The maximum Gasteiger partial charge on any atom is 0.345 e. The van der Waals surface area contributed by atoms with E-state index in [0.717, 1.165) is 17.2 Å². The lowest BCUT2D eigenvalue weighted by atomic mass is 9.81. The number of hydrogen-bond acceptors (Lipinski definition) is 7. The predicted octanol–water partition coefficient (Wildman–Crippen LogP) is 5.98. The van der Waals surface area contributed by atoms with E-state index in [0.29, 0.717) is 11.3 Å². The summed E-state index contributed by atoms with van der Waals surface area (Å²) in [5.41, 5.74) is 8.59. The minimum Gasteiger partial charge on any atom is -0.440 e. The summed E-state index contributed by atoms with van der Waals surface area (Å²) in [6.07, 6.45) is 0. The largest absolute Gasteiger partial charge is 0.440 e. The molecule has 182 valence electrons. The van der Waals surface area contributed by atoms with Gasteiger partial charge in [0.05, 0.1) is 21.4 Å². The lowest BCUT2D eigenvalue weighted by Crippen LogP contribution is -2.21. The first kappa shape index (κ1) is 24.8. The first-order chi connectivity index (χ1) is 17.0. The molecule has 3 aromatic rings. The van der Waals surface area contributed by atoms with Crippen molar-refractivity contribution in [3.05, 3.63) is 110 Å². The van der Waals surface area contributed by atoms with Gasteiger partial charge in [0, 0.05) is 23.8 Å². The highest BCUT2D eigenvalue weighted by molar-refractivity contribution is 6.33. The standard InChI is InChI=1S/C27H22ClN3O5/c1-27(2,3)16-6-4-15(5-7-16)24-19-10-9-18(13-23(19)36-25(30)21(24)14-29)35-26(32)20-12-17(31(33)34)8-11-22(20)28/h4-13,24H,30H2,1-3H3. The second kappa shape index (κ2) is 9.36. The first-order valence-electron chi connectivity index (χ1n) is 11.0. The zero-order chi connectivity index (χ0) is 26.2. The summed E-state index contributed by atoms with van der Waals surface area (Å²) < 4.78 is 11.1. The molecule has 0 saturated heterocycles. The topological polar surface area (TPSA) is 128 Å². The zero-order valence-electron chi connectivity index (χ0n) is 19.7. The van der Waals surface area contributed by atoms with Crippen molar-refractivity contribution in [1.29, 1.82) is 5.26 Å². The predicted molar refractivity (Wildman–Crippen MR) is 134 cm³/mol. The number of nitriles is 1. The summed E-state index contributed by atoms with van der Waals surface area (Å²) >= 11 is 6.05. The number of non-ortho nitro benzene ring substituents is 1. The number of carbonyl (C=O) groups is 1. The van der Waals surface area contributed by atoms with E-state index < -0.39 is 16.8 Å². The summed E-state index contributed by atoms with van der Waals surface area (Å²) in [4.78, 5) is 23.1. The molecule has 0 radical (unpaired) electrons. The molecule has 9 heteroatoms. The van der Waals surface area contributed by atoms with E-state index in [1.165, 1.54) is 18.2 Å². The van der Waals surface area contributed by atoms with E-state index in [4.69, 9.17) is 26.8 Å². The van der Waals surface area contributed by atoms with Crippen LogP contribution in [-0.2, 0) is 5.41 Å². The van der Waals surface area contributed by atoms with Crippen LogP contribution in [0, 0.1) is 21.4 Å². The smallest absolute Gasteiger partial charge is 0.345 e. The molecule has 1 aliphatic rings. The average molecular weight is 504 g/mol. The Labute approximate surface area is 212 Å². The van der Waals surface area contributed by atoms with Crippen molar-refractivity contribution in [2.24, 2.45) is 5.73 Å². The number of esters is 1. The average Bonchev–Trinajstić information content (AvgIpc) is 2.82. The van der Waals surface area contributed by atoms with Gasteiger partial charge >= 0.3 is 5.97 Å². The Morgan fingerprint density at radius 1 is 1.14 bits per heavy atom. The SMILES string of the molecule is CC(C)(C)c1ccc(C2C(C#N)=C(N)Oc3cc(OC(=O)c4cc([N+](=O)[O-])ccc4Cl)ccc32)cc1. The third-order valence-corrected chi connectivity index (χ3v) is 6.22. The first-order valence-corrected chi connectivity index (χ1v) is 11.4. The molecule has 0 spiro atoms. The van der Waals surface area contributed by atoms with Crippen LogP contribution in [-0.4, -0.2) is 10.9 Å². The summed E-state index contributed by atoms with van der Waals surface area (Å²) in [6, 6.07) is 18.4. The summed E-state index contributed by atoms with van der Waals surface area (Å²) in [7, 11) is 0. The Hall–Kier alpha value is -4.35. The van der Waals surface area contributed by atoms with Gasteiger partial charge in [-0.15, -0.1) is 0 Å². The van der Waals surface area contributed by atoms with Crippen LogP contribution in [0.3, 0.4) is 0 Å². The second-order valence-corrected chi connectivity index (χ2v) is 9.71. The van der Waals surface area contributed by atoms with Gasteiger partial charge in [-0.1, -0.05) is 62.7 Å². The molecule has 0 bridgehead atoms. The Morgan fingerprint density at radius 2 is 1.83 bits per heavy atom. The summed E-state index contributed by atoms with van der Waals surface area (Å²) in [6.45, 7) is 6.36. The number of nitro groups is 1. The number of fused-ring (bicyclic) bond motifs is 1. The van der Waals surface area contributed by atoms with Gasteiger partial charge < -0.3 is 15.2 Å². The highest BCUT2D eigenvalue weighted by atomic mass is 35.5. The molecule has 2 N–H and O–H groups in total. The molecular formula is C27H22ClN3O5. The lowest BCUT2D eigenvalue weighted by Gasteiger charge is -2.27. The van der Waals surface area contributed by atoms with Crippen LogP contribution in [0.4, 0.5) is 5.69 Å². The Morgan fingerprint density at radius 3 is 2.44 bits per heavy atom. The summed E-state index contributed by atoms with van der Waals surface area (Å²) in [5, 5.41) is 20.9. The number of hydrogen-bond donors (Lipinski definition) is 1. The molecule has 1 unspecified atom stereocenters. The van der Waals surface area contributed by atoms with Crippen molar-refractivity contribution in [3.63, 3.8) is 0 Å². The molecule has 0 aromatic heterocycles. The number of allylic oxidation sites excluding steroid dienone is 1. The van der Waals surface area contributed by atoms with E-state index in [1.54, 1.807) is 12.1 Å². The Balaban J connectivity index is 1.68. The van der Waals surface area contributed by atoms with Crippen LogP contribution >= 0.6 is 11.6 Å². The molecule has 8 nitrogen and oxygen atoms in total. The number of nitrogens with zero attached hydrogens (tertiary/aromatic N) is 2. The van der Waals surface area contributed by atoms with Gasteiger partial charge in [-0.25, -0.2) is 4.79 Å². The Bertz CT molecular complexity index is 1450. The van der Waals surface area contributed by atoms with Crippen molar-refractivity contribution >= 4 is 23.3 Å². The van der Waals surface area contributed by atoms with E-state index in [9.17, 15) is 20.2 Å². The number of nitrogens with two attached hydrogens (primary N) is 1. The monoisotopic (exact) mass is 503 g/mol. The van der Waals surface area contributed by atoms with Crippen LogP contribution in [0.5, 0.6) is 11.5 Å². The number of rotatable bonds is 4. The number of halogens is 1. The summed E-state index contributed by atoms with van der Waals surface area (Å²) in [5.74, 6) is -0.929. The number of ether oxygens (including phenoxy) is 2. The zero-order valence-corrected chi connectivity index (χ0v) is 20.5. The van der Waals surface area contributed by atoms with Crippen LogP contribution in [0.2, 0.25) is 5.02 Å². The highest BCUT2D eigenvalue weighted by Crippen LogP contribution is 2.44. The molecule has 0 fully saturated rings. The fourth-order valence-corrected chi connectivity index (χ4v) is 4.16. The Kier molecular flexibility index (Phi) is 6.44. The number of carbonyl (C=O) groups excluding carboxylic acids is 1. The van der Waals surface area contributed by atoms with Crippen molar-refractivity contribution in [2.75, 3.05) is 0 Å². The number of nitro benzene ring substituents is 1. The minimum atomic E-state index is -0.866. The normalized spacial score (nSPS) is 14.9. The van der Waals surface area contributed by atoms with E-state index in [1.807, 2.05) is 24.3 Å². The molecule has 36 heavy (non-hydrogen) atoms. The highest BCUT2D eigenvalue weighted by Gasteiger charge is 2.31. The van der Waals surface area contributed by atoms with Gasteiger partial charge in [0.25, 0.3) is 5.69 Å². The third-order valence-electron chi connectivity index (χ3n) is 5.89. The van der Waals surface area contributed by atoms with E-state index >= 15 is 0 Å². The second-order valence-electron chi connectivity index (χ2n) is 9.31. The molecule has 4 rings (SSSR count). The van der Waals surface area contributed by atoms with Gasteiger partial charge in [0.15, 0.2) is 0 Å². The van der Waals surface area contributed by atoms with Crippen molar-refractivity contribution in [2.45, 2.75) is 32.1 Å². The van der Waals surface area contributed by atoms with E-state index in [-0.39, 0.29) is 38.9 Å². The van der Waals surface area contributed by atoms with Crippen LogP contribution in [0.1, 0.15) is 53.7 Å². The van der Waals surface area contributed by atoms with Crippen molar-refractivity contribution < 1.29 is 19.2 Å². The molecule has 1 heterocycles. The van der Waals surface area contributed by atoms with Gasteiger partial charge in [-0.3, -0.25) is 10.1 Å². The van der Waals surface area contributed by atoms with Gasteiger partial charge in [-0.2, -0.15) is 5.26 Å². The molecule has 3 aromatic carbocycles. The molecule has 1 aliphatic heterocycles. The quantitative estimate of drug-likeness (QED) is 0.200. The van der Waals surface area contributed by atoms with Crippen LogP contribution < -0.4 is 15.2 Å². The van der Waals surface area contributed by atoms with E-state index in [2.05, 4.69) is 26.8 Å². The molecule has 0 saturated carbocycles. The fourth-order valence-electron chi connectivity index (χ4n) is 3.96. The van der Waals surface area contributed by atoms with Gasteiger partial charge in [0.2, 0.25) is 5.88 Å². The third kappa shape index (κ3) is 4.74. The maximum atomic E-state index is 12.7. The fraction of sp³-hybridized carbons (Fsp3) is 0.185. The van der Waals surface area contributed by atoms with Gasteiger partial charge in [0.1, 0.15) is 23.1 Å². The molecular weight excluding hydrogens is 482 g/mol. The maximum absolute atomic E-state index is 12.7. The molecule has 1 atom stereocenters. The van der Waals surface area contributed by atoms with Crippen molar-refractivity contribution in [1.82, 2.24) is 0 Å².